The van der Waals surface area contributed by atoms with E-state index in [0.29, 0.717) is 18.7 Å². The fraction of sp³-hybridized carbons (Fsp3) is 0.550. The molecule has 0 radical (unpaired) electrons. The Morgan fingerprint density at radius 1 is 1.32 bits per heavy atom. The molecule has 0 spiro atoms. The van der Waals surface area contributed by atoms with Crippen molar-refractivity contribution in [1.82, 2.24) is 14.7 Å². The average Bonchev–Trinajstić information content (AvgIpc) is 3.36. The molecule has 25 heavy (non-hydrogen) atoms. The van der Waals surface area contributed by atoms with E-state index in [9.17, 15) is 5.11 Å². The van der Waals surface area contributed by atoms with Gasteiger partial charge in [-0.2, -0.15) is 5.10 Å². The summed E-state index contributed by atoms with van der Waals surface area (Å²) >= 11 is 0. The summed E-state index contributed by atoms with van der Waals surface area (Å²) in [6.07, 6.45) is 8.71. The molecule has 2 aliphatic heterocycles. The van der Waals surface area contributed by atoms with Gasteiger partial charge in [0.05, 0.1) is 19.9 Å². The second kappa shape index (κ2) is 6.46. The van der Waals surface area contributed by atoms with E-state index < -0.39 is 0 Å². The number of aliphatic hydroxyl groups is 1. The predicted octanol–water partition coefficient (Wildman–Crippen LogP) is 3.01. The van der Waals surface area contributed by atoms with Crippen LogP contribution in [0.1, 0.15) is 38.2 Å². The molecule has 0 aliphatic carbocycles. The topological polar surface area (TPSA) is 50.5 Å². The molecule has 5 nitrogen and oxygen atoms in total. The van der Waals surface area contributed by atoms with Gasteiger partial charge in [0.15, 0.2) is 0 Å². The lowest BCUT2D eigenvalue weighted by Gasteiger charge is -2.35. The van der Waals surface area contributed by atoms with Crippen LogP contribution in [0.25, 0.3) is 5.69 Å². The first-order chi connectivity index (χ1) is 12.2. The van der Waals surface area contributed by atoms with Crippen molar-refractivity contribution in [2.75, 3.05) is 13.7 Å². The van der Waals surface area contributed by atoms with E-state index in [0.717, 1.165) is 30.8 Å². The summed E-state index contributed by atoms with van der Waals surface area (Å²) in [7, 11) is 1.68. The maximum atomic E-state index is 9.98. The van der Waals surface area contributed by atoms with E-state index in [1.54, 1.807) is 7.11 Å². The monoisotopic (exact) mass is 341 g/mol. The van der Waals surface area contributed by atoms with Crippen LogP contribution < -0.4 is 4.74 Å². The first kappa shape index (κ1) is 16.6. The number of hydrogen-bond donors (Lipinski definition) is 1. The minimum Gasteiger partial charge on any atom is -0.494 e. The first-order valence-electron chi connectivity index (χ1n) is 9.24. The van der Waals surface area contributed by atoms with E-state index in [4.69, 9.17) is 4.74 Å². The molecule has 4 rings (SSSR count). The highest BCUT2D eigenvalue weighted by Gasteiger charge is 2.54. The molecule has 2 bridgehead atoms. The van der Waals surface area contributed by atoms with Crippen molar-refractivity contribution in [2.45, 2.75) is 51.2 Å². The zero-order chi connectivity index (χ0) is 17.4. The molecule has 2 aromatic rings. The van der Waals surface area contributed by atoms with Gasteiger partial charge in [0.1, 0.15) is 11.4 Å². The molecule has 0 saturated carbocycles. The highest BCUT2D eigenvalue weighted by molar-refractivity contribution is 5.46. The number of benzene rings is 1. The van der Waals surface area contributed by atoms with Crippen LogP contribution in [0.2, 0.25) is 0 Å². The van der Waals surface area contributed by atoms with Gasteiger partial charge in [-0.05, 0) is 37.8 Å². The summed E-state index contributed by atoms with van der Waals surface area (Å²) in [6.45, 7) is 3.43. The molecule has 2 fully saturated rings. The van der Waals surface area contributed by atoms with Crippen LogP contribution in [0.15, 0.2) is 36.7 Å². The molecule has 2 saturated heterocycles. The van der Waals surface area contributed by atoms with Gasteiger partial charge in [0.25, 0.3) is 0 Å². The van der Waals surface area contributed by atoms with Crippen molar-refractivity contribution in [2.24, 2.45) is 5.41 Å². The normalized spacial score (nSPS) is 28.6. The number of hydrogen-bond acceptors (Lipinski definition) is 4. The van der Waals surface area contributed by atoms with Crippen LogP contribution in [0.3, 0.4) is 0 Å². The van der Waals surface area contributed by atoms with Gasteiger partial charge in [0, 0.05) is 35.8 Å². The number of rotatable bonds is 6. The quantitative estimate of drug-likeness (QED) is 0.877. The maximum absolute atomic E-state index is 9.98. The summed E-state index contributed by atoms with van der Waals surface area (Å²) in [6, 6.07) is 9.04. The Hall–Kier alpha value is -1.85. The van der Waals surface area contributed by atoms with Crippen LogP contribution in [0, 0.1) is 5.41 Å². The van der Waals surface area contributed by atoms with E-state index in [1.807, 2.05) is 35.1 Å². The molecule has 1 N–H and O–H groups in total. The molecular formula is C20H27N3O2. The minimum atomic E-state index is 0.0988. The second-order valence-corrected chi connectivity index (χ2v) is 7.46. The molecule has 5 heteroatoms. The Kier molecular flexibility index (Phi) is 4.29. The molecule has 1 aromatic carbocycles. The number of ether oxygens (including phenoxy) is 1. The van der Waals surface area contributed by atoms with Gasteiger partial charge < -0.3 is 9.84 Å². The molecule has 3 atom stereocenters. The summed E-state index contributed by atoms with van der Waals surface area (Å²) < 4.78 is 7.34. The van der Waals surface area contributed by atoms with Crippen molar-refractivity contribution in [3.8, 4) is 11.4 Å². The van der Waals surface area contributed by atoms with Gasteiger partial charge in [-0.15, -0.1) is 0 Å². The summed E-state index contributed by atoms with van der Waals surface area (Å²) in [5, 5.41) is 14.5. The molecule has 1 aromatic heterocycles. The van der Waals surface area contributed by atoms with Crippen molar-refractivity contribution < 1.29 is 9.84 Å². The number of aliphatic hydroxyl groups excluding tert-OH is 1. The van der Waals surface area contributed by atoms with Crippen molar-refractivity contribution in [3.05, 3.63) is 42.2 Å². The lowest BCUT2D eigenvalue weighted by Crippen LogP contribution is -2.39. The number of methoxy groups -OCH3 is 1. The molecule has 2 aliphatic rings. The zero-order valence-electron chi connectivity index (χ0n) is 15.1. The fourth-order valence-electron chi connectivity index (χ4n) is 4.92. The van der Waals surface area contributed by atoms with Crippen LogP contribution in [0.5, 0.6) is 5.75 Å². The Morgan fingerprint density at radius 3 is 2.88 bits per heavy atom. The van der Waals surface area contributed by atoms with Crippen molar-refractivity contribution >= 4 is 0 Å². The third kappa shape index (κ3) is 2.66. The highest BCUT2D eigenvalue weighted by atomic mass is 16.5. The molecule has 3 heterocycles. The number of nitrogens with zero attached hydrogens (tertiary/aromatic N) is 3. The first-order valence-corrected chi connectivity index (χ1v) is 9.24. The van der Waals surface area contributed by atoms with Gasteiger partial charge in [-0.25, -0.2) is 4.68 Å². The number of aromatic nitrogens is 2. The van der Waals surface area contributed by atoms with Crippen LogP contribution in [0.4, 0.5) is 0 Å². The van der Waals surface area contributed by atoms with Gasteiger partial charge >= 0.3 is 0 Å². The lowest BCUT2D eigenvalue weighted by molar-refractivity contribution is 0.0714. The summed E-state index contributed by atoms with van der Waals surface area (Å²) in [4.78, 5) is 2.60. The smallest absolute Gasteiger partial charge is 0.144 e. The van der Waals surface area contributed by atoms with Crippen molar-refractivity contribution in [1.29, 1.82) is 0 Å². The Morgan fingerprint density at radius 2 is 2.16 bits per heavy atom. The SMILES string of the molecule is CC[C@@]1(CO)C[C@@H]2CC[C@H]1N2Cc1cnn(-c2ccccc2OC)c1. The Balaban J connectivity index is 1.55. The second-order valence-electron chi connectivity index (χ2n) is 7.46. The van der Waals surface area contributed by atoms with Gasteiger partial charge in [-0.3, -0.25) is 4.90 Å². The van der Waals surface area contributed by atoms with E-state index in [1.165, 1.54) is 18.4 Å². The highest BCUT2D eigenvalue weighted by Crippen LogP contribution is 2.51. The summed E-state index contributed by atoms with van der Waals surface area (Å²) in [5.41, 5.74) is 2.27. The standard InChI is InChI=1S/C20H27N3O2/c1-3-20(14-24)10-16-8-9-19(20)22(16)12-15-11-21-23(13-15)17-6-4-5-7-18(17)25-2/h4-7,11,13,16,19,24H,3,8-10,12,14H2,1-2H3/t16-,19+,20-/m0/s1. The molecule has 0 amide bonds. The van der Waals surface area contributed by atoms with Crippen molar-refractivity contribution in [3.63, 3.8) is 0 Å². The van der Waals surface area contributed by atoms with Crippen LogP contribution in [-0.4, -0.2) is 45.6 Å². The largest absolute Gasteiger partial charge is 0.494 e. The molecule has 0 unspecified atom stereocenters. The fourth-order valence-corrected chi connectivity index (χ4v) is 4.92. The Labute approximate surface area is 149 Å². The number of para-hydroxylation sites is 2. The zero-order valence-corrected chi connectivity index (χ0v) is 15.1. The minimum absolute atomic E-state index is 0.0988. The van der Waals surface area contributed by atoms with Crippen LogP contribution in [-0.2, 0) is 6.54 Å². The number of fused-ring (bicyclic) bond motifs is 2. The molecule has 134 valence electrons. The molecular weight excluding hydrogens is 314 g/mol. The maximum Gasteiger partial charge on any atom is 0.144 e. The summed E-state index contributed by atoms with van der Waals surface area (Å²) in [5.74, 6) is 0.823. The lowest BCUT2D eigenvalue weighted by atomic mass is 9.72. The predicted molar refractivity (Wildman–Crippen MR) is 96.9 cm³/mol. The van der Waals surface area contributed by atoms with E-state index in [-0.39, 0.29) is 5.41 Å². The van der Waals surface area contributed by atoms with Crippen LogP contribution >= 0.6 is 0 Å². The van der Waals surface area contributed by atoms with Gasteiger partial charge in [0.2, 0.25) is 0 Å². The average molecular weight is 341 g/mol. The van der Waals surface area contributed by atoms with E-state index in [2.05, 4.69) is 23.1 Å². The third-order valence-corrected chi connectivity index (χ3v) is 6.34. The van der Waals surface area contributed by atoms with E-state index >= 15 is 0 Å². The third-order valence-electron chi connectivity index (χ3n) is 6.34. The van der Waals surface area contributed by atoms with Gasteiger partial charge in [-0.1, -0.05) is 19.1 Å². The Bertz CT molecular complexity index is 738.